The largest absolute Gasteiger partial charge is 0.468 e. The first-order valence-electron chi connectivity index (χ1n) is 6.17. The van der Waals surface area contributed by atoms with Crippen LogP contribution in [0.15, 0.2) is 18.2 Å². The minimum atomic E-state index is -0.446. The Morgan fingerprint density at radius 1 is 1.37 bits per heavy atom. The Bertz CT molecular complexity index is 472. The molecule has 0 atom stereocenters. The van der Waals surface area contributed by atoms with Gasteiger partial charge in [-0.2, -0.15) is 0 Å². The Kier molecular flexibility index (Phi) is 5.36. The van der Waals surface area contributed by atoms with Crippen molar-refractivity contribution in [3.63, 3.8) is 0 Å². The van der Waals surface area contributed by atoms with E-state index in [1.54, 1.807) is 7.05 Å². The average Bonchev–Trinajstić information content (AvgIpc) is 2.40. The van der Waals surface area contributed by atoms with E-state index in [0.717, 1.165) is 23.2 Å². The van der Waals surface area contributed by atoms with Gasteiger partial charge in [0.25, 0.3) is 0 Å². The molecular weight excluding hydrogens is 244 g/mol. The van der Waals surface area contributed by atoms with Crippen LogP contribution in [0.1, 0.15) is 18.1 Å². The number of amides is 2. The predicted molar refractivity (Wildman–Crippen MR) is 74.2 cm³/mol. The molecule has 1 rings (SSSR count). The van der Waals surface area contributed by atoms with Crippen molar-refractivity contribution in [2.24, 2.45) is 0 Å². The van der Waals surface area contributed by atoms with E-state index in [4.69, 9.17) is 0 Å². The Balaban J connectivity index is 2.79. The van der Waals surface area contributed by atoms with Gasteiger partial charge < -0.3 is 15.0 Å². The van der Waals surface area contributed by atoms with Crippen molar-refractivity contribution in [1.82, 2.24) is 4.90 Å². The van der Waals surface area contributed by atoms with Gasteiger partial charge in [0.1, 0.15) is 6.54 Å². The molecule has 0 saturated carbocycles. The Morgan fingerprint density at radius 3 is 2.63 bits per heavy atom. The van der Waals surface area contributed by atoms with Crippen LogP contribution in [-0.4, -0.2) is 37.6 Å². The van der Waals surface area contributed by atoms with Crippen LogP contribution in [0.3, 0.4) is 0 Å². The number of likely N-dealkylation sites (N-methyl/N-ethyl adjacent to an activating group) is 1. The Morgan fingerprint density at radius 2 is 2.05 bits per heavy atom. The van der Waals surface area contributed by atoms with Crippen molar-refractivity contribution in [3.8, 4) is 0 Å². The summed E-state index contributed by atoms with van der Waals surface area (Å²) in [7, 11) is 2.85. The highest BCUT2D eigenvalue weighted by molar-refractivity contribution is 5.92. The molecule has 5 heteroatoms. The molecule has 19 heavy (non-hydrogen) atoms. The summed E-state index contributed by atoms with van der Waals surface area (Å²) in [6.07, 6.45) is 0.831. The number of methoxy groups -OCH3 is 1. The van der Waals surface area contributed by atoms with Crippen LogP contribution >= 0.6 is 0 Å². The van der Waals surface area contributed by atoms with Crippen molar-refractivity contribution in [2.75, 3.05) is 26.0 Å². The number of carbonyl (C=O) groups excluding carboxylic acids is 2. The van der Waals surface area contributed by atoms with Gasteiger partial charge in [-0.15, -0.1) is 0 Å². The summed E-state index contributed by atoms with van der Waals surface area (Å²) in [4.78, 5) is 24.4. The predicted octanol–water partition coefficient (Wildman–Crippen LogP) is 2.19. The quantitative estimate of drug-likeness (QED) is 0.848. The summed E-state index contributed by atoms with van der Waals surface area (Å²) in [5.41, 5.74) is 2.88. The van der Waals surface area contributed by atoms with Crippen LogP contribution in [0.25, 0.3) is 0 Å². The lowest BCUT2D eigenvalue weighted by molar-refractivity contribution is -0.140. The number of para-hydroxylation sites is 1. The number of hydrogen-bond donors (Lipinski definition) is 1. The van der Waals surface area contributed by atoms with Crippen LogP contribution in [0.2, 0.25) is 0 Å². The third-order valence-corrected chi connectivity index (χ3v) is 2.91. The molecule has 1 aromatic carbocycles. The number of esters is 1. The fourth-order valence-corrected chi connectivity index (χ4v) is 1.73. The molecule has 0 aliphatic carbocycles. The third-order valence-electron chi connectivity index (χ3n) is 2.91. The lowest BCUT2D eigenvalue weighted by Crippen LogP contribution is -2.36. The standard InChI is InChI=1S/C14H20N2O3/c1-5-11-8-6-7-10(2)13(11)15-14(18)16(3)9-12(17)19-4/h6-8H,5,9H2,1-4H3,(H,15,18). The van der Waals surface area contributed by atoms with Gasteiger partial charge in [-0.25, -0.2) is 4.79 Å². The number of nitrogens with one attached hydrogen (secondary N) is 1. The number of ether oxygens (including phenoxy) is 1. The number of rotatable bonds is 4. The Hall–Kier alpha value is -2.04. The molecule has 0 radical (unpaired) electrons. The van der Waals surface area contributed by atoms with E-state index in [1.165, 1.54) is 12.0 Å². The lowest BCUT2D eigenvalue weighted by atomic mass is 10.1. The maximum absolute atomic E-state index is 12.0. The fraction of sp³-hybridized carbons (Fsp3) is 0.429. The van der Waals surface area contributed by atoms with Crippen LogP contribution in [0.4, 0.5) is 10.5 Å². The van der Waals surface area contributed by atoms with Gasteiger partial charge in [0.05, 0.1) is 7.11 Å². The van der Waals surface area contributed by atoms with E-state index in [2.05, 4.69) is 10.1 Å². The van der Waals surface area contributed by atoms with Gasteiger partial charge in [-0.1, -0.05) is 25.1 Å². The van der Waals surface area contributed by atoms with Crippen LogP contribution < -0.4 is 5.32 Å². The molecule has 0 aliphatic rings. The van der Waals surface area contributed by atoms with Gasteiger partial charge in [-0.3, -0.25) is 4.79 Å². The maximum atomic E-state index is 12.0. The van der Waals surface area contributed by atoms with E-state index in [9.17, 15) is 9.59 Å². The summed E-state index contributed by atoms with van der Waals surface area (Å²) in [5, 5.41) is 2.84. The highest BCUT2D eigenvalue weighted by Crippen LogP contribution is 2.21. The van der Waals surface area contributed by atoms with Crippen LogP contribution in [-0.2, 0) is 16.0 Å². The molecule has 0 bridgehead atoms. The first-order chi connectivity index (χ1) is 8.99. The summed E-state index contributed by atoms with van der Waals surface area (Å²) in [5.74, 6) is -0.446. The van der Waals surface area contributed by atoms with Gasteiger partial charge in [0.2, 0.25) is 0 Å². The molecule has 1 N–H and O–H groups in total. The van der Waals surface area contributed by atoms with Crippen LogP contribution in [0.5, 0.6) is 0 Å². The van der Waals surface area contributed by atoms with Crippen molar-refractivity contribution < 1.29 is 14.3 Å². The van der Waals surface area contributed by atoms with Crippen molar-refractivity contribution in [2.45, 2.75) is 20.3 Å². The first-order valence-corrected chi connectivity index (χ1v) is 6.17. The second-order valence-electron chi connectivity index (χ2n) is 4.32. The van der Waals surface area contributed by atoms with E-state index >= 15 is 0 Å². The van der Waals surface area contributed by atoms with Crippen molar-refractivity contribution in [1.29, 1.82) is 0 Å². The molecular formula is C14H20N2O3. The SMILES string of the molecule is CCc1cccc(C)c1NC(=O)N(C)CC(=O)OC. The van der Waals surface area contributed by atoms with Gasteiger partial charge in [0, 0.05) is 12.7 Å². The zero-order valence-corrected chi connectivity index (χ0v) is 11.8. The molecule has 0 heterocycles. The van der Waals surface area contributed by atoms with E-state index < -0.39 is 5.97 Å². The number of nitrogens with zero attached hydrogens (tertiary/aromatic N) is 1. The molecule has 0 unspecified atom stereocenters. The van der Waals surface area contributed by atoms with E-state index in [0.29, 0.717) is 0 Å². The van der Waals surface area contributed by atoms with Crippen LogP contribution in [0, 0.1) is 6.92 Å². The van der Waals surface area contributed by atoms with Gasteiger partial charge in [-0.05, 0) is 24.5 Å². The second-order valence-corrected chi connectivity index (χ2v) is 4.32. The molecule has 0 saturated heterocycles. The highest BCUT2D eigenvalue weighted by atomic mass is 16.5. The molecule has 1 aromatic rings. The van der Waals surface area contributed by atoms with E-state index in [1.807, 2.05) is 32.0 Å². The topological polar surface area (TPSA) is 58.6 Å². The smallest absolute Gasteiger partial charge is 0.325 e. The van der Waals surface area contributed by atoms with Crippen molar-refractivity contribution in [3.05, 3.63) is 29.3 Å². The Labute approximate surface area is 113 Å². The molecule has 5 nitrogen and oxygen atoms in total. The lowest BCUT2D eigenvalue weighted by Gasteiger charge is -2.19. The zero-order chi connectivity index (χ0) is 14.4. The summed E-state index contributed by atoms with van der Waals surface area (Å²) in [6, 6.07) is 5.55. The molecule has 0 spiro atoms. The molecule has 0 fully saturated rings. The number of hydrogen-bond acceptors (Lipinski definition) is 3. The normalized spacial score (nSPS) is 9.89. The summed E-state index contributed by atoms with van der Waals surface area (Å²) >= 11 is 0. The minimum Gasteiger partial charge on any atom is -0.468 e. The highest BCUT2D eigenvalue weighted by Gasteiger charge is 2.15. The molecule has 0 aromatic heterocycles. The number of carbonyl (C=O) groups is 2. The second kappa shape index (κ2) is 6.78. The molecule has 2 amide bonds. The van der Waals surface area contributed by atoms with E-state index in [-0.39, 0.29) is 12.6 Å². The molecule has 104 valence electrons. The van der Waals surface area contributed by atoms with Crippen molar-refractivity contribution >= 4 is 17.7 Å². The monoisotopic (exact) mass is 264 g/mol. The minimum absolute atomic E-state index is 0.0737. The number of urea groups is 1. The zero-order valence-electron chi connectivity index (χ0n) is 11.8. The fourth-order valence-electron chi connectivity index (χ4n) is 1.73. The van der Waals surface area contributed by atoms with Gasteiger partial charge >= 0.3 is 12.0 Å². The summed E-state index contributed by atoms with van der Waals surface area (Å²) < 4.78 is 4.53. The first kappa shape index (κ1) is 15.0. The number of aryl methyl sites for hydroxylation is 2. The maximum Gasteiger partial charge on any atom is 0.325 e. The third kappa shape index (κ3) is 3.98. The average molecular weight is 264 g/mol. The summed E-state index contributed by atoms with van der Waals surface area (Å²) in [6.45, 7) is 3.90. The van der Waals surface area contributed by atoms with Gasteiger partial charge in [0.15, 0.2) is 0 Å². The number of benzene rings is 1. The molecule has 0 aliphatic heterocycles. The number of anilines is 1.